The number of hydrogen-bond donors (Lipinski definition) is 3. The summed E-state index contributed by atoms with van der Waals surface area (Å²) >= 11 is 0. The van der Waals surface area contributed by atoms with Gasteiger partial charge in [-0.2, -0.15) is 8.42 Å². The molecule has 0 aromatic rings. The zero-order chi connectivity index (χ0) is 19.8. The van der Waals surface area contributed by atoms with Crippen molar-refractivity contribution in [2.45, 2.75) is 52.2 Å². The number of amides is 1. The van der Waals surface area contributed by atoms with E-state index in [1.165, 1.54) is 20.8 Å². The van der Waals surface area contributed by atoms with Crippen LogP contribution in [0.25, 0.3) is 0 Å². The van der Waals surface area contributed by atoms with Gasteiger partial charge in [0.05, 0.1) is 30.0 Å². The number of morpholine rings is 1. The molecule has 1 aliphatic heterocycles. The van der Waals surface area contributed by atoms with E-state index in [2.05, 4.69) is 10.6 Å². The van der Waals surface area contributed by atoms with Crippen molar-refractivity contribution >= 4 is 34.4 Å². The van der Waals surface area contributed by atoms with E-state index >= 15 is 0 Å². The van der Waals surface area contributed by atoms with Crippen LogP contribution in [0.15, 0.2) is 0 Å². The predicted molar refractivity (Wildman–Crippen MR) is 102 cm³/mol. The molecule has 2 atom stereocenters. The van der Waals surface area contributed by atoms with E-state index in [0.717, 1.165) is 6.54 Å². The van der Waals surface area contributed by atoms with Crippen LogP contribution in [0.4, 0.5) is 0 Å². The Morgan fingerprint density at radius 2 is 2.07 bits per heavy atom. The Kier molecular flexibility index (Phi) is 11.4. The highest BCUT2D eigenvalue weighted by atomic mass is 35.5. The third-order valence-electron chi connectivity index (χ3n) is 4.32. The zero-order valence-corrected chi connectivity index (χ0v) is 17.7. The first kappa shape index (κ1) is 26.1. The topological polar surface area (TPSA) is 131 Å². The molecule has 2 unspecified atom stereocenters. The summed E-state index contributed by atoms with van der Waals surface area (Å²) in [6, 6.07) is 0. The average Bonchev–Trinajstić information content (AvgIpc) is 2.56. The van der Waals surface area contributed by atoms with Gasteiger partial charge in [-0.3, -0.25) is 13.8 Å². The first-order valence-electron chi connectivity index (χ1n) is 8.75. The number of rotatable bonds is 11. The van der Waals surface area contributed by atoms with Crippen LogP contribution in [0.5, 0.6) is 0 Å². The van der Waals surface area contributed by atoms with Gasteiger partial charge in [-0.1, -0.05) is 0 Å². The van der Waals surface area contributed by atoms with Gasteiger partial charge in [0.15, 0.2) is 0 Å². The summed E-state index contributed by atoms with van der Waals surface area (Å²) in [6.45, 7) is 6.44. The van der Waals surface area contributed by atoms with E-state index in [1.54, 1.807) is 0 Å². The van der Waals surface area contributed by atoms with Gasteiger partial charge >= 0.3 is 5.97 Å². The van der Waals surface area contributed by atoms with Crippen molar-refractivity contribution in [1.82, 2.24) is 10.6 Å². The maximum absolute atomic E-state index is 12.2. The summed E-state index contributed by atoms with van der Waals surface area (Å²) in [7, 11) is -3.92. The number of hydrogen-bond acceptors (Lipinski definition) is 7. The predicted octanol–water partition coefficient (Wildman–Crippen LogP) is 0.529. The second-order valence-electron chi connectivity index (χ2n) is 6.98. The summed E-state index contributed by atoms with van der Waals surface area (Å²) in [5.41, 5.74) is -1.37. The molecule has 160 valence electrons. The highest BCUT2D eigenvalue weighted by Gasteiger charge is 2.40. The maximum Gasteiger partial charge on any atom is 0.311 e. The first-order chi connectivity index (χ1) is 12.0. The van der Waals surface area contributed by atoms with Gasteiger partial charge in [-0.15, -0.1) is 12.4 Å². The zero-order valence-electron chi connectivity index (χ0n) is 16.0. The lowest BCUT2D eigenvalue weighted by atomic mass is 9.84. The molecule has 0 spiro atoms. The van der Waals surface area contributed by atoms with Crippen molar-refractivity contribution in [3.8, 4) is 0 Å². The second-order valence-corrected chi connectivity index (χ2v) is 8.70. The number of nitrogens with one attached hydrogen (secondary N) is 2. The second kappa shape index (κ2) is 11.8. The van der Waals surface area contributed by atoms with Crippen LogP contribution in [0.3, 0.4) is 0 Å². The molecule has 27 heavy (non-hydrogen) atoms. The van der Waals surface area contributed by atoms with Crippen molar-refractivity contribution in [3.63, 3.8) is 0 Å². The largest absolute Gasteiger partial charge is 0.481 e. The van der Waals surface area contributed by atoms with Crippen LogP contribution in [0.2, 0.25) is 0 Å². The van der Waals surface area contributed by atoms with Crippen LogP contribution < -0.4 is 10.6 Å². The molecule has 1 saturated heterocycles. The number of carboxylic acids is 1. The van der Waals surface area contributed by atoms with Crippen LogP contribution in [-0.4, -0.2) is 69.6 Å². The summed E-state index contributed by atoms with van der Waals surface area (Å²) in [6.07, 6.45) is -0.164. The van der Waals surface area contributed by atoms with Crippen molar-refractivity contribution in [1.29, 1.82) is 0 Å². The molecule has 0 bridgehead atoms. The number of carbonyl (C=O) groups excluding carboxylic acids is 1. The fourth-order valence-electron chi connectivity index (χ4n) is 2.55. The van der Waals surface area contributed by atoms with Gasteiger partial charge in [0, 0.05) is 26.6 Å². The first-order valence-corrected chi connectivity index (χ1v) is 10.3. The van der Waals surface area contributed by atoms with Crippen LogP contribution >= 0.6 is 12.4 Å². The van der Waals surface area contributed by atoms with Gasteiger partial charge in [0.25, 0.3) is 10.1 Å². The number of carboxylic acid groups (broad SMARTS) is 1. The van der Waals surface area contributed by atoms with E-state index < -0.39 is 27.6 Å². The summed E-state index contributed by atoms with van der Waals surface area (Å²) in [4.78, 5) is 22.4. The Balaban J connectivity index is 0.00000676. The molecule has 0 aromatic heterocycles. The molecular weight excluding hydrogens is 400 g/mol. The fraction of sp³-hybridized carbons (Fsp3) is 0.875. The van der Waals surface area contributed by atoms with Crippen molar-refractivity contribution in [2.75, 3.05) is 32.0 Å². The molecule has 11 heteroatoms. The van der Waals surface area contributed by atoms with Gasteiger partial charge < -0.3 is 20.5 Å². The van der Waals surface area contributed by atoms with E-state index in [0.29, 0.717) is 19.6 Å². The molecular formula is C16H31ClN2O7S. The summed E-state index contributed by atoms with van der Waals surface area (Å²) < 4.78 is 35.3. The molecule has 1 rings (SSSR count). The van der Waals surface area contributed by atoms with E-state index in [-0.39, 0.29) is 49.6 Å². The molecule has 0 aromatic carbocycles. The molecule has 1 aliphatic rings. The number of aliphatic carboxylic acids is 1. The van der Waals surface area contributed by atoms with Gasteiger partial charge in [0.1, 0.15) is 0 Å². The summed E-state index contributed by atoms with van der Waals surface area (Å²) in [5, 5.41) is 15.1. The Labute approximate surface area is 167 Å². The smallest absolute Gasteiger partial charge is 0.311 e. The molecule has 0 saturated carbocycles. The minimum atomic E-state index is -3.92. The Morgan fingerprint density at radius 1 is 1.41 bits per heavy atom. The lowest BCUT2D eigenvalue weighted by molar-refractivity contribution is -0.152. The monoisotopic (exact) mass is 430 g/mol. The van der Waals surface area contributed by atoms with Crippen LogP contribution in [0.1, 0.15) is 40.0 Å². The van der Waals surface area contributed by atoms with Crippen molar-refractivity contribution in [3.05, 3.63) is 0 Å². The van der Waals surface area contributed by atoms with Crippen LogP contribution in [0, 0.1) is 5.41 Å². The molecule has 1 fully saturated rings. The number of halogens is 1. The van der Waals surface area contributed by atoms with Crippen molar-refractivity contribution in [2.24, 2.45) is 5.41 Å². The minimum absolute atomic E-state index is 0. The molecule has 0 aliphatic carbocycles. The Bertz CT molecular complexity index is 577. The third kappa shape index (κ3) is 9.70. The quantitative estimate of drug-likeness (QED) is 0.319. The van der Waals surface area contributed by atoms with E-state index in [1.807, 2.05) is 0 Å². The third-order valence-corrected chi connectivity index (χ3v) is 5.63. The molecule has 0 radical (unpaired) electrons. The SMILES string of the molecule is CC(=O)NCCCS(=O)(=O)OC(CCC1CNCCO1)C(C)(C)C(=O)O.Cl. The fourth-order valence-corrected chi connectivity index (χ4v) is 3.83. The molecule has 3 N–H and O–H groups in total. The Morgan fingerprint density at radius 3 is 2.59 bits per heavy atom. The normalized spacial score (nSPS) is 19.0. The number of ether oxygens (including phenoxy) is 1. The lowest BCUT2D eigenvalue weighted by Gasteiger charge is -2.31. The van der Waals surface area contributed by atoms with E-state index in [9.17, 15) is 23.1 Å². The number of carbonyl (C=O) groups is 2. The average molecular weight is 431 g/mol. The maximum atomic E-state index is 12.2. The highest BCUT2D eigenvalue weighted by molar-refractivity contribution is 7.86. The van der Waals surface area contributed by atoms with Crippen molar-refractivity contribution < 1.29 is 32.0 Å². The standard InChI is InChI=1S/C16H30N2O7S.ClH/c1-12(19)18-7-4-10-26(22,23)25-14(16(2,3)15(20)21)6-5-13-11-17-8-9-24-13;/h13-14,17H,4-11H2,1-3H3,(H,18,19)(H,20,21);1H. The molecule has 1 heterocycles. The van der Waals surface area contributed by atoms with Gasteiger partial charge in [-0.05, 0) is 33.1 Å². The Hall–Kier alpha value is -0.940. The van der Waals surface area contributed by atoms with Gasteiger partial charge in [-0.25, -0.2) is 0 Å². The summed E-state index contributed by atoms with van der Waals surface area (Å²) in [5.74, 6) is -1.66. The molecule has 1 amide bonds. The lowest BCUT2D eigenvalue weighted by Crippen LogP contribution is -2.43. The van der Waals surface area contributed by atoms with E-state index in [4.69, 9.17) is 8.92 Å². The minimum Gasteiger partial charge on any atom is -0.481 e. The van der Waals surface area contributed by atoms with Crippen LogP contribution in [-0.2, 0) is 28.6 Å². The van der Waals surface area contributed by atoms with Gasteiger partial charge in [0.2, 0.25) is 5.91 Å². The highest BCUT2D eigenvalue weighted by Crippen LogP contribution is 2.30. The molecule has 9 nitrogen and oxygen atoms in total.